The highest BCUT2D eigenvalue weighted by Gasteiger charge is 2.26. The average molecular weight is 534 g/mol. The molecule has 0 radical (unpaired) electrons. The number of carbonyl (C=O) groups excluding carboxylic acids is 1. The van der Waals surface area contributed by atoms with Crippen LogP contribution in [0.1, 0.15) is 12.5 Å². The van der Waals surface area contributed by atoms with Gasteiger partial charge < -0.3 is 24.4 Å². The number of imidazole rings is 1. The third kappa shape index (κ3) is 4.82. The van der Waals surface area contributed by atoms with Crippen molar-refractivity contribution in [2.24, 2.45) is 7.05 Å². The zero-order valence-corrected chi connectivity index (χ0v) is 22.8. The number of piperazine rings is 1. The van der Waals surface area contributed by atoms with Gasteiger partial charge in [-0.25, -0.2) is 15.0 Å². The van der Waals surface area contributed by atoms with E-state index in [0.717, 1.165) is 62.7 Å². The standard InChI is InChI=1S/C31H31N7O2/c1-5-30(39)37-12-13-38(21(3)17-37)23-7-9-26-25(15-23)31(33-18-32-26)35-22-6-11-29(20(2)14-22)40-24-8-10-28-27(16-24)34-19-36(28)4/h5-11,14-16,18-19,21H,1,12-13,17H2,2-4H3,(H,32,33,35)/t21-/m0/s1. The summed E-state index contributed by atoms with van der Waals surface area (Å²) in [4.78, 5) is 29.7. The van der Waals surface area contributed by atoms with Crippen molar-refractivity contribution < 1.29 is 9.53 Å². The van der Waals surface area contributed by atoms with Crippen LogP contribution in [0.3, 0.4) is 0 Å². The predicted octanol–water partition coefficient (Wildman–Crippen LogP) is 5.58. The second-order valence-electron chi connectivity index (χ2n) is 10.2. The summed E-state index contributed by atoms with van der Waals surface area (Å²) in [6.45, 7) is 9.84. The Morgan fingerprint density at radius 3 is 2.73 bits per heavy atom. The SMILES string of the molecule is C=CC(=O)N1CCN(c2ccc3ncnc(Nc4ccc(Oc5ccc6c(c5)ncn6C)c(C)c4)c3c2)[C@@H](C)C1. The number of hydrogen-bond donors (Lipinski definition) is 1. The molecule has 1 N–H and O–H groups in total. The average Bonchev–Trinajstić information content (AvgIpc) is 3.33. The van der Waals surface area contributed by atoms with Gasteiger partial charge in [0.25, 0.3) is 0 Å². The Labute approximate surface area is 232 Å². The molecule has 202 valence electrons. The summed E-state index contributed by atoms with van der Waals surface area (Å²) in [6.07, 6.45) is 4.76. The molecule has 9 nitrogen and oxygen atoms in total. The summed E-state index contributed by atoms with van der Waals surface area (Å²) in [7, 11) is 1.97. The van der Waals surface area contributed by atoms with Gasteiger partial charge in [-0.2, -0.15) is 0 Å². The topological polar surface area (TPSA) is 88.4 Å². The molecule has 1 aliphatic heterocycles. The van der Waals surface area contributed by atoms with Gasteiger partial charge in [-0.05, 0) is 74.0 Å². The van der Waals surface area contributed by atoms with Gasteiger partial charge >= 0.3 is 0 Å². The van der Waals surface area contributed by atoms with Gasteiger partial charge in [-0.15, -0.1) is 0 Å². The molecule has 3 heterocycles. The lowest BCUT2D eigenvalue weighted by Gasteiger charge is -2.41. The Balaban J connectivity index is 1.22. The maximum atomic E-state index is 12.1. The van der Waals surface area contributed by atoms with E-state index in [2.05, 4.69) is 50.8 Å². The van der Waals surface area contributed by atoms with E-state index in [-0.39, 0.29) is 11.9 Å². The number of anilines is 3. The number of ether oxygens (including phenoxy) is 1. The summed E-state index contributed by atoms with van der Waals surface area (Å²) in [5.41, 5.74) is 5.78. The van der Waals surface area contributed by atoms with Crippen LogP contribution in [0.15, 0.2) is 79.9 Å². The molecular weight excluding hydrogens is 502 g/mol. The second kappa shape index (κ2) is 10.3. The fourth-order valence-corrected chi connectivity index (χ4v) is 5.28. The first-order valence-electron chi connectivity index (χ1n) is 13.3. The van der Waals surface area contributed by atoms with E-state index in [1.807, 2.05) is 65.9 Å². The Morgan fingerprint density at radius 2 is 1.93 bits per heavy atom. The normalized spacial score (nSPS) is 15.4. The van der Waals surface area contributed by atoms with E-state index < -0.39 is 0 Å². The molecule has 40 heavy (non-hydrogen) atoms. The summed E-state index contributed by atoms with van der Waals surface area (Å²) < 4.78 is 8.17. The Morgan fingerprint density at radius 1 is 1.05 bits per heavy atom. The molecule has 6 rings (SSSR count). The van der Waals surface area contributed by atoms with Gasteiger partial charge in [-0.1, -0.05) is 6.58 Å². The van der Waals surface area contributed by atoms with Gasteiger partial charge in [0.1, 0.15) is 23.6 Å². The predicted molar refractivity (Wildman–Crippen MR) is 158 cm³/mol. The van der Waals surface area contributed by atoms with Crippen LogP contribution in [0.2, 0.25) is 0 Å². The third-order valence-electron chi connectivity index (χ3n) is 7.43. The Bertz CT molecular complexity index is 1750. The zero-order valence-electron chi connectivity index (χ0n) is 22.8. The monoisotopic (exact) mass is 533 g/mol. The van der Waals surface area contributed by atoms with Crippen molar-refractivity contribution in [3.63, 3.8) is 0 Å². The van der Waals surface area contributed by atoms with Gasteiger partial charge in [0, 0.05) is 55.6 Å². The van der Waals surface area contributed by atoms with Crippen LogP contribution in [0.4, 0.5) is 17.2 Å². The number of nitrogens with zero attached hydrogens (tertiary/aromatic N) is 6. The van der Waals surface area contributed by atoms with Crippen LogP contribution in [-0.4, -0.2) is 56.0 Å². The first-order valence-corrected chi connectivity index (χ1v) is 13.3. The molecule has 0 bridgehead atoms. The second-order valence-corrected chi connectivity index (χ2v) is 10.2. The van der Waals surface area contributed by atoms with Crippen molar-refractivity contribution in [3.05, 3.63) is 85.5 Å². The van der Waals surface area contributed by atoms with Gasteiger partial charge in [0.2, 0.25) is 5.91 Å². The number of aromatic nitrogens is 4. The van der Waals surface area contributed by atoms with Crippen LogP contribution in [0, 0.1) is 6.92 Å². The van der Waals surface area contributed by atoms with Crippen LogP contribution in [-0.2, 0) is 11.8 Å². The first-order chi connectivity index (χ1) is 19.4. The van der Waals surface area contributed by atoms with E-state index >= 15 is 0 Å². The van der Waals surface area contributed by atoms with Crippen molar-refractivity contribution in [1.82, 2.24) is 24.4 Å². The molecule has 5 aromatic rings. The molecule has 0 unspecified atom stereocenters. The molecule has 9 heteroatoms. The Hall–Kier alpha value is -4.92. The first kappa shape index (κ1) is 25.4. The molecule has 2 aromatic heterocycles. The summed E-state index contributed by atoms with van der Waals surface area (Å²) >= 11 is 0. The maximum Gasteiger partial charge on any atom is 0.246 e. The molecule has 3 aromatic carbocycles. The highest BCUT2D eigenvalue weighted by atomic mass is 16.5. The molecular formula is C31H31N7O2. The smallest absolute Gasteiger partial charge is 0.246 e. The van der Waals surface area contributed by atoms with Crippen molar-refractivity contribution in [3.8, 4) is 11.5 Å². The van der Waals surface area contributed by atoms with Crippen molar-refractivity contribution in [2.75, 3.05) is 29.9 Å². The van der Waals surface area contributed by atoms with E-state index in [4.69, 9.17) is 4.74 Å². The number of hydrogen-bond acceptors (Lipinski definition) is 7. The van der Waals surface area contributed by atoms with Gasteiger partial charge in [0.15, 0.2) is 0 Å². The number of carbonyl (C=O) groups is 1. The van der Waals surface area contributed by atoms with Crippen molar-refractivity contribution >= 4 is 45.0 Å². The number of nitrogens with one attached hydrogen (secondary N) is 1. The number of amides is 1. The summed E-state index contributed by atoms with van der Waals surface area (Å²) in [5.74, 6) is 2.23. The zero-order chi connectivity index (χ0) is 27.8. The van der Waals surface area contributed by atoms with Crippen LogP contribution < -0.4 is 15.0 Å². The molecule has 0 aliphatic carbocycles. The fraction of sp³-hybridized carbons (Fsp3) is 0.226. The minimum absolute atomic E-state index is 0.0223. The number of benzene rings is 3. The lowest BCUT2D eigenvalue weighted by atomic mass is 10.1. The van der Waals surface area contributed by atoms with E-state index in [1.54, 1.807) is 12.7 Å². The van der Waals surface area contributed by atoms with Crippen LogP contribution >= 0.6 is 0 Å². The molecule has 0 spiro atoms. The van der Waals surface area contributed by atoms with Gasteiger partial charge in [0.05, 0.1) is 22.9 Å². The Kier molecular flexibility index (Phi) is 6.55. The molecule has 1 atom stereocenters. The molecule has 1 saturated heterocycles. The van der Waals surface area contributed by atoms with E-state index in [0.29, 0.717) is 13.1 Å². The van der Waals surface area contributed by atoms with Crippen LogP contribution in [0.5, 0.6) is 11.5 Å². The maximum absolute atomic E-state index is 12.1. The largest absolute Gasteiger partial charge is 0.457 e. The number of aryl methyl sites for hydroxylation is 2. The summed E-state index contributed by atoms with van der Waals surface area (Å²) in [6, 6.07) is 18.3. The highest BCUT2D eigenvalue weighted by molar-refractivity contribution is 5.93. The van der Waals surface area contributed by atoms with Crippen molar-refractivity contribution in [1.29, 1.82) is 0 Å². The van der Waals surface area contributed by atoms with Crippen molar-refractivity contribution in [2.45, 2.75) is 19.9 Å². The van der Waals surface area contributed by atoms with E-state index in [1.165, 1.54) is 6.08 Å². The van der Waals surface area contributed by atoms with Gasteiger partial charge in [-0.3, -0.25) is 4.79 Å². The molecule has 1 fully saturated rings. The highest BCUT2D eigenvalue weighted by Crippen LogP contribution is 2.32. The molecule has 0 saturated carbocycles. The van der Waals surface area contributed by atoms with Crippen LogP contribution in [0.25, 0.3) is 21.9 Å². The summed E-state index contributed by atoms with van der Waals surface area (Å²) in [5, 5.41) is 4.40. The van der Waals surface area contributed by atoms with E-state index in [9.17, 15) is 4.79 Å². The lowest BCUT2D eigenvalue weighted by molar-refractivity contribution is -0.126. The minimum atomic E-state index is -0.0223. The number of fused-ring (bicyclic) bond motifs is 2. The third-order valence-corrected chi connectivity index (χ3v) is 7.43. The molecule has 1 aliphatic rings. The quantitative estimate of drug-likeness (QED) is 0.285. The lowest BCUT2D eigenvalue weighted by Crippen LogP contribution is -2.53. The minimum Gasteiger partial charge on any atom is -0.457 e. The molecule has 1 amide bonds. The fourth-order valence-electron chi connectivity index (χ4n) is 5.28. The number of rotatable bonds is 6.